The topological polar surface area (TPSA) is 52.3 Å². The Bertz CT molecular complexity index is 214. The maximum absolute atomic E-state index is 13.0. The van der Waals surface area contributed by atoms with Gasteiger partial charge in [0.05, 0.1) is 19.1 Å². The molecule has 3 nitrogen and oxygen atoms in total. The minimum absolute atomic E-state index is 0. The molecule has 0 unspecified atom stereocenters. The van der Waals surface area contributed by atoms with E-state index < -0.39 is 30.3 Å². The highest BCUT2D eigenvalue weighted by Gasteiger charge is 2.45. The van der Waals surface area contributed by atoms with Crippen molar-refractivity contribution in [3.05, 3.63) is 0 Å². The van der Waals surface area contributed by atoms with E-state index in [1.165, 1.54) is 7.11 Å². The average molecular weight is 230 g/mol. The van der Waals surface area contributed by atoms with E-state index >= 15 is 0 Å². The van der Waals surface area contributed by atoms with Crippen molar-refractivity contribution < 1.29 is 18.3 Å². The van der Waals surface area contributed by atoms with Crippen LogP contribution >= 0.6 is 12.4 Å². The van der Waals surface area contributed by atoms with E-state index in [2.05, 4.69) is 4.74 Å². The fourth-order valence-electron chi connectivity index (χ4n) is 1.54. The number of carbonyl (C=O) groups excluding carboxylic acids is 1. The van der Waals surface area contributed by atoms with E-state index in [0.29, 0.717) is 6.42 Å². The van der Waals surface area contributed by atoms with Crippen LogP contribution in [0, 0.1) is 5.92 Å². The van der Waals surface area contributed by atoms with Crippen LogP contribution in [0.4, 0.5) is 8.78 Å². The number of halogens is 3. The monoisotopic (exact) mass is 229 g/mol. The summed E-state index contributed by atoms with van der Waals surface area (Å²) in [5.41, 5.74) is 5.21. The predicted molar refractivity (Wildman–Crippen MR) is 49.5 cm³/mol. The number of ether oxygens (including phenoxy) is 1. The van der Waals surface area contributed by atoms with Gasteiger partial charge in [0.2, 0.25) is 0 Å². The normalized spacial score (nSPS) is 30.3. The second-order valence-corrected chi connectivity index (χ2v) is 3.37. The van der Waals surface area contributed by atoms with Crippen molar-refractivity contribution in [2.45, 2.75) is 31.2 Å². The summed E-state index contributed by atoms with van der Waals surface area (Å²) >= 11 is 0. The minimum Gasteiger partial charge on any atom is -0.469 e. The number of carbonyl (C=O) groups is 1. The van der Waals surface area contributed by atoms with Gasteiger partial charge >= 0.3 is 5.97 Å². The molecule has 2 atom stereocenters. The molecule has 1 aliphatic rings. The molecule has 6 heteroatoms. The summed E-state index contributed by atoms with van der Waals surface area (Å²) in [5.74, 6) is -4.19. The zero-order chi connectivity index (χ0) is 10.1. The summed E-state index contributed by atoms with van der Waals surface area (Å²) in [6.45, 7) is 0. The van der Waals surface area contributed by atoms with Gasteiger partial charge in [0, 0.05) is 6.42 Å². The predicted octanol–water partition coefficient (Wildman–Crippen LogP) is 1.34. The van der Waals surface area contributed by atoms with Gasteiger partial charge in [0.25, 0.3) is 5.92 Å². The Morgan fingerprint density at radius 3 is 2.50 bits per heavy atom. The molecule has 0 aromatic rings. The number of rotatable bonds is 1. The van der Waals surface area contributed by atoms with Crippen LogP contribution in [0.25, 0.3) is 0 Å². The van der Waals surface area contributed by atoms with Crippen molar-refractivity contribution in [1.82, 2.24) is 0 Å². The van der Waals surface area contributed by atoms with Gasteiger partial charge in [0.1, 0.15) is 0 Å². The number of nitrogens with two attached hydrogens (primary N) is 1. The number of methoxy groups -OCH3 is 1. The summed E-state index contributed by atoms with van der Waals surface area (Å²) in [4.78, 5) is 11.0. The molecule has 84 valence electrons. The van der Waals surface area contributed by atoms with Crippen molar-refractivity contribution in [2.24, 2.45) is 11.7 Å². The molecule has 1 rings (SSSR count). The first-order valence-corrected chi connectivity index (χ1v) is 4.18. The fraction of sp³-hybridized carbons (Fsp3) is 0.875. The van der Waals surface area contributed by atoms with Crippen LogP contribution < -0.4 is 5.73 Å². The Labute approximate surface area is 87.4 Å². The Balaban J connectivity index is 0.00000169. The Morgan fingerprint density at radius 2 is 2.07 bits per heavy atom. The zero-order valence-electron chi connectivity index (χ0n) is 7.83. The quantitative estimate of drug-likeness (QED) is 0.691. The Kier molecular flexibility index (Phi) is 4.74. The first-order valence-electron chi connectivity index (χ1n) is 4.18. The summed E-state index contributed by atoms with van der Waals surface area (Å²) in [6.07, 6.45) is 0.0804. The van der Waals surface area contributed by atoms with Crippen LogP contribution in [0.1, 0.15) is 19.3 Å². The van der Waals surface area contributed by atoms with Crippen molar-refractivity contribution in [2.75, 3.05) is 7.11 Å². The van der Waals surface area contributed by atoms with Gasteiger partial charge < -0.3 is 10.5 Å². The molecule has 0 bridgehead atoms. The standard InChI is InChI=1S/C8H13F2NO2.ClH/c1-13-7(12)5-2-3-6(11)8(9,10)4-5;/h5-6H,2-4,11H2,1H3;1H/t5-,6-;/m1./s1. The van der Waals surface area contributed by atoms with Gasteiger partial charge in [-0.1, -0.05) is 0 Å². The number of esters is 1. The molecule has 0 aromatic carbocycles. The van der Waals surface area contributed by atoms with Crippen molar-refractivity contribution in [1.29, 1.82) is 0 Å². The van der Waals surface area contributed by atoms with Gasteiger partial charge in [-0.15, -0.1) is 12.4 Å². The molecule has 0 radical (unpaired) electrons. The highest BCUT2D eigenvalue weighted by Crippen LogP contribution is 2.36. The van der Waals surface area contributed by atoms with E-state index in [1.54, 1.807) is 0 Å². The Hall–Kier alpha value is -0.420. The third-order valence-electron chi connectivity index (χ3n) is 2.42. The smallest absolute Gasteiger partial charge is 0.308 e. The summed E-state index contributed by atoms with van der Waals surface area (Å²) in [6, 6.07) is -1.12. The molecule has 0 amide bonds. The highest BCUT2D eigenvalue weighted by atomic mass is 35.5. The van der Waals surface area contributed by atoms with Crippen LogP contribution in [0.2, 0.25) is 0 Å². The van der Waals surface area contributed by atoms with Gasteiger partial charge in [-0.2, -0.15) is 0 Å². The molecule has 14 heavy (non-hydrogen) atoms. The average Bonchev–Trinajstić information content (AvgIpc) is 2.08. The molecule has 1 saturated carbocycles. The molecule has 0 aliphatic heterocycles. The lowest BCUT2D eigenvalue weighted by Crippen LogP contribution is -2.47. The molecule has 1 fully saturated rings. The van der Waals surface area contributed by atoms with E-state index in [9.17, 15) is 13.6 Å². The molecule has 2 N–H and O–H groups in total. The SMILES string of the molecule is COC(=O)[C@@H]1CC[C@@H](N)C(F)(F)C1.Cl. The minimum atomic E-state index is -2.93. The molecule has 0 aromatic heterocycles. The molecule has 0 spiro atoms. The lowest BCUT2D eigenvalue weighted by Gasteiger charge is -2.32. The number of hydrogen-bond acceptors (Lipinski definition) is 3. The third kappa shape index (κ3) is 2.78. The maximum atomic E-state index is 13.0. The van der Waals surface area contributed by atoms with E-state index in [0.717, 1.165) is 0 Å². The lowest BCUT2D eigenvalue weighted by atomic mass is 9.83. The first-order chi connectivity index (χ1) is 5.97. The summed E-state index contributed by atoms with van der Waals surface area (Å²) < 4.78 is 30.4. The third-order valence-corrected chi connectivity index (χ3v) is 2.42. The lowest BCUT2D eigenvalue weighted by molar-refractivity contribution is -0.153. The summed E-state index contributed by atoms with van der Waals surface area (Å²) in [5, 5.41) is 0. The van der Waals surface area contributed by atoms with Crippen LogP contribution in [0.5, 0.6) is 0 Å². The molecule has 0 heterocycles. The molecular weight excluding hydrogens is 216 g/mol. The maximum Gasteiger partial charge on any atom is 0.308 e. The number of alkyl halides is 2. The van der Waals surface area contributed by atoms with Gasteiger partial charge in [-0.3, -0.25) is 4.79 Å². The molecule has 1 aliphatic carbocycles. The van der Waals surface area contributed by atoms with Gasteiger partial charge in [-0.05, 0) is 12.8 Å². The Morgan fingerprint density at radius 1 is 1.50 bits per heavy atom. The van der Waals surface area contributed by atoms with Crippen molar-refractivity contribution >= 4 is 18.4 Å². The summed E-state index contributed by atoms with van der Waals surface area (Å²) in [7, 11) is 1.20. The second kappa shape index (κ2) is 4.89. The second-order valence-electron chi connectivity index (χ2n) is 3.37. The van der Waals surface area contributed by atoms with Crippen LogP contribution in [0.3, 0.4) is 0 Å². The van der Waals surface area contributed by atoms with Crippen molar-refractivity contribution in [3.63, 3.8) is 0 Å². The van der Waals surface area contributed by atoms with E-state index in [4.69, 9.17) is 5.73 Å². The number of hydrogen-bond donors (Lipinski definition) is 1. The first kappa shape index (κ1) is 13.6. The molecule has 0 saturated heterocycles. The van der Waals surface area contributed by atoms with E-state index in [1.807, 2.05) is 0 Å². The van der Waals surface area contributed by atoms with Gasteiger partial charge in [0.15, 0.2) is 0 Å². The zero-order valence-corrected chi connectivity index (χ0v) is 8.65. The largest absolute Gasteiger partial charge is 0.469 e. The van der Waals surface area contributed by atoms with Crippen molar-refractivity contribution in [3.8, 4) is 0 Å². The van der Waals surface area contributed by atoms with Crippen LogP contribution in [-0.4, -0.2) is 25.0 Å². The molecular formula is C8H14ClF2NO2. The fourth-order valence-corrected chi connectivity index (χ4v) is 1.54. The highest BCUT2D eigenvalue weighted by molar-refractivity contribution is 5.85. The van der Waals surface area contributed by atoms with Gasteiger partial charge in [-0.25, -0.2) is 8.78 Å². The van der Waals surface area contributed by atoms with E-state index in [-0.39, 0.29) is 18.8 Å². The van der Waals surface area contributed by atoms with Crippen LogP contribution in [-0.2, 0) is 9.53 Å². The van der Waals surface area contributed by atoms with Crippen LogP contribution in [0.15, 0.2) is 0 Å².